The van der Waals surface area contributed by atoms with Gasteiger partial charge in [-0.25, -0.2) is 4.79 Å². The molecule has 1 aliphatic heterocycles. The van der Waals surface area contributed by atoms with Gasteiger partial charge in [-0.05, 0) is 12.5 Å². The van der Waals surface area contributed by atoms with Crippen LogP contribution in [0, 0.1) is 6.92 Å². The summed E-state index contributed by atoms with van der Waals surface area (Å²) in [5, 5.41) is 12.1. The van der Waals surface area contributed by atoms with E-state index in [1.54, 1.807) is 0 Å². The molecular weight excluding hydrogens is 350 g/mol. The summed E-state index contributed by atoms with van der Waals surface area (Å²) >= 11 is 0. The largest absolute Gasteiger partial charge is 0.481 e. The van der Waals surface area contributed by atoms with Crippen LogP contribution in [0.1, 0.15) is 31.1 Å². The van der Waals surface area contributed by atoms with Crippen LogP contribution in [0.3, 0.4) is 0 Å². The highest BCUT2D eigenvalue weighted by molar-refractivity contribution is 5.76. The van der Waals surface area contributed by atoms with Crippen molar-refractivity contribution in [2.24, 2.45) is 5.11 Å². The van der Waals surface area contributed by atoms with E-state index in [1.807, 2.05) is 0 Å². The number of aliphatic carboxylic acids is 1. The van der Waals surface area contributed by atoms with Crippen molar-refractivity contribution in [3.05, 3.63) is 43.0 Å². The van der Waals surface area contributed by atoms with Gasteiger partial charge >= 0.3 is 17.6 Å². The number of nitrogens with zero attached hydrogens (tertiary/aromatic N) is 4. The number of carbonyl (C=O) groups excluding carboxylic acids is 1. The molecule has 0 bridgehead atoms. The first-order valence-electron chi connectivity index (χ1n) is 7.71. The van der Waals surface area contributed by atoms with Gasteiger partial charge in [-0.15, -0.1) is 0 Å². The summed E-state index contributed by atoms with van der Waals surface area (Å²) in [6.45, 7) is 1.27. The molecule has 0 radical (unpaired) electrons. The Morgan fingerprint density at radius 3 is 2.88 bits per heavy atom. The number of rotatable bonds is 7. The fraction of sp³-hybridized carbons (Fsp3) is 0.571. The molecule has 2 heterocycles. The first kappa shape index (κ1) is 19.2. The van der Waals surface area contributed by atoms with Crippen molar-refractivity contribution in [1.29, 1.82) is 0 Å². The van der Waals surface area contributed by atoms with Crippen LogP contribution in [-0.2, 0) is 19.1 Å². The van der Waals surface area contributed by atoms with Crippen molar-refractivity contribution in [2.45, 2.75) is 44.6 Å². The Morgan fingerprint density at radius 2 is 2.23 bits per heavy atom. The highest BCUT2D eigenvalue weighted by atomic mass is 16.6. The lowest BCUT2D eigenvalue weighted by atomic mass is 10.1. The highest BCUT2D eigenvalue weighted by Gasteiger charge is 2.37. The van der Waals surface area contributed by atoms with Gasteiger partial charge in [0.1, 0.15) is 18.9 Å². The number of aryl methyl sites for hydroxylation is 1. The van der Waals surface area contributed by atoms with Gasteiger partial charge in [0, 0.05) is 23.1 Å². The molecule has 2 rings (SSSR count). The van der Waals surface area contributed by atoms with Gasteiger partial charge in [-0.2, -0.15) is 0 Å². The lowest BCUT2D eigenvalue weighted by molar-refractivity contribution is -0.151. The summed E-state index contributed by atoms with van der Waals surface area (Å²) in [6, 6.07) is -0.698. The number of esters is 1. The van der Waals surface area contributed by atoms with E-state index in [4.69, 9.17) is 20.1 Å². The molecule has 1 aliphatic rings. The van der Waals surface area contributed by atoms with E-state index >= 15 is 0 Å². The van der Waals surface area contributed by atoms with Gasteiger partial charge in [0.25, 0.3) is 5.56 Å². The molecule has 12 heteroatoms. The Labute approximate surface area is 146 Å². The summed E-state index contributed by atoms with van der Waals surface area (Å²) in [5.41, 5.74) is 7.79. The standard InChI is InChI=1S/C14H17N5O7/c1-7-5-19(14(24)16-13(7)23)10-4-8(17-18-15)9(26-10)6-25-12(22)3-2-11(20)21/h5,8-10H,2-4,6H2,1H3,(H,20,21)(H,16,23,24)/t8-,9+,10+/m0/s1. The summed E-state index contributed by atoms with van der Waals surface area (Å²) in [4.78, 5) is 50.2. The Kier molecular flexibility index (Phi) is 6.15. The minimum absolute atomic E-state index is 0.146. The van der Waals surface area contributed by atoms with Crippen LogP contribution in [0.2, 0.25) is 0 Å². The van der Waals surface area contributed by atoms with Crippen LogP contribution >= 0.6 is 0 Å². The molecule has 0 amide bonds. The van der Waals surface area contributed by atoms with Crippen molar-refractivity contribution in [3.63, 3.8) is 0 Å². The topological polar surface area (TPSA) is 176 Å². The number of carboxylic acid groups (broad SMARTS) is 1. The van der Waals surface area contributed by atoms with E-state index < -0.39 is 41.6 Å². The number of aromatic amines is 1. The van der Waals surface area contributed by atoms with Gasteiger partial charge in [0.15, 0.2) is 0 Å². The maximum atomic E-state index is 11.9. The van der Waals surface area contributed by atoms with Crippen LogP contribution in [-0.4, -0.2) is 45.3 Å². The van der Waals surface area contributed by atoms with Crippen LogP contribution in [0.25, 0.3) is 10.4 Å². The highest BCUT2D eigenvalue weighted by Crippen LogP contribution is 2.30. The number of aromatic nitrogens is 2. The molecule has 0 saturated carbocycles. The number of carbonyl (C=O) groups is 2. The molecule has 140 valence electrons. The lowest BCUT2D eigenvalue weighted by Crippen LogP contribution is -2.33. The van der Waals surface area contributed by atoms with Gasteiger partial charge in [-0.1, -0.05) is 5.11 Å². The summed E-state index contributed by atoms with van der Waals surface area (Å²) in [5.74, 6) is -1.85. The average Bonchev–Trinajstić information content (AvgIpc) is 2.97. The zero-order valence-electron chi connectivity index (χ0n) is 13.8. The van der Waals surface area contributed by atoms with E-state index in [0.717, 1.165) is 0 Å². The molecule has 26 heavy (non-hydrogen) atoms. The molecule has 1 aromatic heterocycles. The predicted octanol–water partition coefficient (Wildman–Crippen LogP) is 0.219. The molecule has 0 unspecified atom stereocenters. The maximum Gasteiger partial charge on any atom is 0.330 e. The second-order valence-corrected chi connectivity index (χ2v) is 5.69. The zero-order chi connectivity index (χ0) is 19.3. The Morgan fingerprint density at radius 1 is 1.50 bits per heavy atom. The van der Waals surface area contributed by atoms with Crippen molar-refractivity contribution in [2.75, 3.05) is 6.61 Å². The monoisotopic (exact) mass is 367 g/mol. The second kappa shape index (κ2) is 8.32. The van der Waals surface area contributed by atoms with E-state index in [0.29, 0.717) is 5.56 Å². The Bertz CT molecular complexity index is 854. The summed E-state index contributed by atoms with van der Waals surface area (Å²) in [7, 11) is 0. The number of hydrogen-bond donors (Lipinski definition) is 2. The number of H-pyrrole nitrogens is 1. The molecule has 0 aromatic carbocycles. The van der Waals surface area contributed by atoms with Gasteiger partial charge in [0.05, 0.1) is 18.9 Å². The average molecular weight is 367 g/mol. The number of ether oxygens (including phenoxy) is 2. The molecule has 0 spiro atoms. The van der Waals surface area contributed by atoms with Crippen molar-refractivity contribution >= 4 is 11.9 Å². The summed E-state index contributed by atoms with van der Waals surface area (Å²) < 4.78 is 11.8. The van der Waals surface area contributed by atoms with Gasteiger partial charge in [-0.3, -0.25) is 23.9 Å². The van der Waals surface area contributed by atoms with Crippen molar-refractivity contribution < 1.29 is 24.2 Å². The maximum absolute atomic E-state index is 11.9. The molecule has 2 N–H and O–H groups in total. The molecule has 3 atom stereocenters. The van der Waals surface area contributed by atoms with Gasteiger partial charge in [0.2, 0.25) is 0 Å². The van der Waals surface area contributed by atoms with Crippen LogP contribution in [0.15, 0.2) is 20.9 Å². The fourth-order valence-electron chi connectivity index (χ4n) is 2.48. The SMILES string of the molecule is Cc1cn([C@H]2C[C@H](N=[N+]=[N-])[C@@H](COC(=O)CCC(=O)O)O2)c(=O)[nH]c1=O. The smallest absolute Gasteiger partial charge is 0.330 e. The minimum Gasteiger partial charge on any atom is -0.481 e. The molecule has 1 aromatic rings. The zero-order valence-corrected chi connectivity index (χ0v) is 13.8. The quantitative estimate of drug-likeness (QED) is 0.299. The van der Waals surface area contributed by atoms with Gasteiger partial charge < -0.3 is 14.6 Å². The third-order valence-electron chi connectivity index (χ3n) is 3.81. The minimum atomic E-state index is -1.13. The third-order valence-corrected chi connectivity index (χ3v) is 3.81. The van der Waals surface area contributed by atoms with Crippen LogP contribution in [0.4, 0.5) is 0 Å². The molecular formula is C14H17N5O7. The van der Waals surface area contributed by atoms with E-state index in [9.17, 15) is 19.2 Å². The van der Waals surface area contributed by atoms with Crippen molar-refractivity contribution in [1.82, 2.24) is 9.55 Å². The number of carboxylic acids is 1. The summed E-state index contributed by atoms with van der Waals surface area (Å²) in [6.07, 6.45) is -0.790. The normalized spacial score (nSPS) is 21.8. The first-order chi connectivity index (χ1) is 12.3. The van der Waals surface area contributed by atoms with Crippen LogP contribution in [0.5, 0.6) is 0 Å². The first-order valence-corrected chi connectivity index (χ1v) is 7.71. The molecule has 12 nitrogen and oxygen atoms in total. The number of azide groups is 1. The third kappa shape index (κ3) is 4.71. The Balaban J connectivity index is 2.08. The van der Waals surface area contributed by atoms with Crippen molar-refractivity contribution in [3.8, 4) is 0 Å². The molecule has 0 aliphatic carbocycles. The van der Waals surface area contributed by atoms with Crippen LogP contribution < -0.4 is 11.2 Å². The predicted molar refractivity (Wildman–Crippen MR) is 85.3 cm³/mol. The Hall–Kier alpha value is -3.11. The van der Waals surface area contributed by atoms with E-state index in [2.05, 4.69) is 15.0 Å². The van der Waals surface area contributed by atoms with E-state index in [-0.39, 0.29) is 25.9 Å². The molecule has 1 fully saturated rings. The number of hydrogen-bond acceptors (Lipinski definition) is 7. The lowest BCUT2D eigenvalue weighted by Gasteiger charge is -2.16. The second-order valence-electron chi connectivity index (χ2n) is 5.69. The number of nitrogens with one attached hydrogen (secondary N) is 1. The van der Waals surface area contributed by atoms with E-state index in [1.165, 1.54) is 17.7 Å². The fourth-order valence-corrected chi connectivity index (χ4v) is 2.48. The molecule has 1 saturated heterocycles.